The van der Waals surface area contributed by atoms with Crippen LogP contribution >= 0.6 is 15.9 Å². The Bertz CT molecular complexity index is 663. The first-order chi connectivity index (χ1) is 10.6. The summed E-state index contributed by atoms with van der Waals surface area (Å²) < 4.78 is 1.01. The van der Waals surface area contributed by atoms with Crippen LogP contribution in [-0.2, 0) is 0 Å². The number of nitrogens with zero attached hydrogens (tertiary/aromatic N) is 2. The highest BCUT2D eigenvalue weighted by Gasteiger charge is 2.35. The molecule has 2 aromatic rings. The first-order valence-electron chi connectivity index (χ1n) is 7.38. The summed E-state index contributed by atoms with van der Waals surface area (Å²) >= 11 is 3.41. The molecule has 1 heterocycles. The average molecular weight is 363 g/mol. The Morgan fingerprint density at radius 3 is 2.73 bits per heavy atom. The highest BCUT2D eigenvalue weighted by molar-refractivity contribution is 9.10. The number of H-pyrrole nitrogens is 1. The third kappa shape index (κ3) is 3.08. The molecule has 0 spiro atoms. The normalized spacial score (nSPS) is 15.6. The number of carbonyl (C=O) groups excluding carboxylic acids is 1. The van der Waals surface area contributed by atoms with Gasteiger partial charge in [-0.3, -0.25) is 9.89 Å². The van der Waals surface area contributed by atoms with Crippen LogP contribution in [0.25, 0.3) is 11.3 Å². The van der Waals surface area contributed by atoms with Crippen LogP contribution < -0.4 is 5.73 Å². The zero-order chi connectivity index (χ0) is 15.7. The van der Waals surface area contributed by atoms with E-state index in [1.165, 1.54) is 0 Å². The Hall–Kier alpha value is -1.66. The van der Waals surface area contributed by atoms with Crippen molar-refractivity contribution in [2.75, 3.05) is 13.6 Å². The van der Waals surface area contributed by atoms with Gasteiger partial charge in [0.15, 0.2) is 0 Å². The number of carbonyl (C=O) groups is 1. The summed E-state index contributed by atoms with van der Waals surface area (Å²) in [6.07, 6.45) is 2.32. The van der Waals surface area contributed by atoms with Crippen LogP contribution in [0.1, 0.15) is 23.3 Å². The van der Waals surface area contributed by atoms with Gasteiger partial charge in [-0.05, 0) is 37.0 Å². The molecule has 1 amide bonds. The van der Waals surface area contributed by atoms with Crippen LogP contribution in [0.2, 0.25) is 0 Å². The molecule has 0 aliphatic heterocycles. The fourth-order valence-corrected chi connectivity index (χ4v) is 2.95. The minimum atomic E-state index is -0.0572. The van der Waals surface area contributed by atoms with E-state index in [-0.39, 0.29) is 11.9 Å². The van der Waals surface area contributed by atoms with Crippen LogP contribution in [0.5, 0.6) is 0 Å². The largest absolute Gasteiger partial charge is 0.336 e. The van der Waals surface area contributed by atoms with E-state index in [4.69, 9.17) is 5.73 Å². The van der Waals surface area contributed by atoms with Gasteiger partial charge in [0, 0.05) is 29.7 Å². The fraction of sp³-hybridized carbons (Fsp3) is 0.375. The van der Waals surface area contributed by atoms with E-state index in [1.807, 2.05) is 31.3 Å². The minimum Gasteiger partial charge on any atom is -0.336 e. The maximum Gasteiger partial charge on any atom is 0.271 e. The molecule has 0 saturated heterocycles. The van der Waals surface area contributed by atoms with Crippen molar-refractivity contribution in [3.8, 4) is 11.3 Å². The summed E-state index contributed by atoms with van der Waals surface area (Å²) in [6.45, 7) is 0.501. The summed E-state index contributed by atoms with van der Waals surface area (Å²) in [5.74, 6) is 0.492. The smallest absolute Gasteiger partial charge is 0.271 e. The summed E-state index contributed by atoms with van der Waals surface area (Å²) in [4.78, 5) is 14.3. The molecular formula is C16H19BrN4O. The van der Waals surface area contributed by atoms with Gasteiger partial charge in [0.2, 0.25) is 0 Å². The van der Waals surface area contributed by atoms with E-state index >= 15 is 0 Å². The zero-order valence-corrected chi connectivity index (χ0v) is 14.0. The Balaban J connectivity index is 1.77. The van der Waals surface area contributed by atoms with Gasteiger partial charge in [-0.15, -0.1) is 0 Å². The molecule has 1 aromatic heterocycles. The van der Waals surface area contributed by atoms with Crippen LogP contribution in [-0.4, -0.2) is 40.6 Å². The van der Waals surface area contributed by atoms with Crippen LogP contribution in [0, 0.1) is 5.92 Å². The molecule has 1 unspecified atom stereocenters. The molecule has 3 N–H and O–H groups in total. The molecule has 6 heteroatoms. The standard InChI is InChI=1S/C16H19BrN4O/c1-21(15(9-18)11-2-3-11)16(22)14-8-13(19-20-14)10-4-6-12(17)7-5-10/h4-8,11,15H,2-3,9,18H2,1H3,(H,19,20). The summed E-state index contributed by atoms with van der Waals surface area (Å²) in [7, 11) is 1.82. The van der Waals surface area contributed by atoms with Crippen molar-refractivity contribution in [1.29, 1.82) is 0 Å². The number of rotatable bonds is 5. The molecule has 1 aliphatic rings. The van der Waals surface area contributed by atoms with Crippen molar-refractivity contribution in [3.63, 3.8) is 0 Å². The zero-order valence-electron chi connectivity index (χ0n) is 12.4. The predicted octanol–water partition coefficient (Wildman–Crippen LogP) is 2.65. The Morgan fingerprint density at radius 1 is 1.45 bits per heavy atom. The average Bonchev–Trinajstić information content (AvgIpc) is 3.23. The van der Waals surface area contributed by atoms with E-state index < -0.39 is 0 Å². The summed E-state index contributed by atoms with van der Waals surface area (Å²) in [5, 5.41) is 7.09. The molecule has 1 fully saturated rings. The number of benzene rings is 1. The topological polar surface area (TPSA) is 75.0 Å². The van der Waals surface area contributed by atoms with Crippen LogP contribution in [0.4, 0.5) is 0 Å². The molecule has 1 atom stereocenters. The lowest BCUT2D eigenvalue weighted by atomic mass is 10.1. The maximum atomic E-state index is 12.6. The molecule has 0 bridgehead atoms. The number of aromatic amines is 1. The Morgan fingerprint density at radius 2 is 2.14 bits per heavy atom. The molecule has 1 saturated carbocycles. The van der Waals surface area contributed by atoms with Gasteiger partial charge >= 0.3 is 0 Å². The molecule has 116 valence electrons. The van der Waals surface area contributed by atoms with E-state index in [2.05, 4.69) is 26.1 Å². The van der Waals surface area contributed by atoms with E-state index in [1.54, 1.807) is 11.0 Å². The van der Waals surface area contributed by atoms with Gasteiger partial charge in [-0.25, -0.2) is 0 Å². The molecule has 5 nitrogen and oxygen atoms in total. The molecule has 1 aliphatic carbocycles. The second-order valence-electron chi connectivity index (χ2n) is 5.73. The van der Waals surface area contributed by atoms with Crippen molar-refractivity contribution in [3.05, 3.63) is 40.5 Å². The predicted molar refractivity (Wildman–Crippen MR) is 89.4 cm³/mol. The van der Waals surface area contributed by atoms with Gasteiger partial charge in [-0.1, -0.05) is 28.1 Å². The van der Waals surface area contributed by atoms with Crippen molar-refractivity contribution >= 4 is 21.8 Å². The highest BCUT2D eigenvalue weighted by Crippen LogP contribution is 2.35. The van der Waals surface area contributed by atoms with Gasteiger partial charge < -0.3 is 10.6 Å². The van der Waals surface area contributed by atoms with Gasteiger partial charge in [-0.2, -0.15) is 5.10 Å². The van der Waals surface area contributed by atoms with Crippen molar-refractivity contribution in [1.82, 2.24) is 15.1 Å². The number of nitrogens with two attached hydrogens (primary N) is 1. The molecule has 1 aromatic carbocycles. The lowest BCUT2D eigenvalue weighted by Gasteiger charge is -2.26. The lowest BCUT2D eigenvalue weighted by molar-refractivity contribution is 0.0712. The number of amides is 1. The SMILES string of the molecule is CN(C(=O)c1cc(-c2ccc(Br)cc2)n[nH]1)C(CN)C1CC1. The maximum absolute atomic E-state index is 12.6. The first-order valence-corrected chi connectivity index (χ1v) is 8.18. The second-order valence-corrected chi connectivity index (χ2v) is 6.65. The summed E-state index contributed by atoms with van der Waals surface area (Å²) in [6, 6.07) is 9.75. The lowest BCUT2D eigenvalue weighted by Crippen LogP contribution is -2.43. The van der Waals surface area contributed by atoms with Gasteiger partial charge in [0.25, 0.3) is 5.91 Å². The van der Waals surface area contributed by atoms with E-state index in [0.717, 1.165) is 28.6 Å². The minimum absolute atomic E-state index is 0.0572. The molecular weight excluding hydrogens is 344 g/mol. The van der Waals surface area contributed by atoms with Crippen LogP contribution in [0.15, 0.2) is 34.8 Å². The number of nitrogens with one attached hydrogen (secondary N) is 1. The monoisotopic (exact) mass is 362 g/mol. The number of hydrogen-bond donors (Lipinski definition) is 2. The Kier molecular flexibility index (Phi) is 4.31. The van der Waals surface area contributed by atoms with Crippen molar-refractivity contribution in [2.24, 2.45) is 11.7 Å². The number of aromatic nitrogens is 2. The number of likely N-dealkylation sites (N-methyl/N-ethyl adjacent to an activating group) is 1. The quantitative estimate of drug-likeness (QED) is 0.858. The van der Waals surface area contributed by atoms with E-state index in [0.29, 0.717) is 18.2 Å². The number of hydrogen-bond acceptors (Lipinski definition) is 3. The first kappa shape index (κ1) is 15.2. The van der Waals surface area contributed by atoms with Crippen molar-refractivity contribution < 1.29 is 4.79 Å². The van der Waals surface area contributed by atoms with Gasteiger partial charge in [0.1, 0.15) is 5.69 Å². The van der Waals surface area contributed by atoms with Gasteiger partial charge in [0.05, 0.1) is 5.69 Å². The molecule has 0 radical (unpaired) electrons. The second kappa shape index (κ2) is 6.22. The molecule has 3 rings (SSSR count). The fourth-order valence-electron chi connectivity index (χ4n) is 2.69. The van der Waals surface area contributed by atoms with E-state index in [9.17, 15) is 4.79 Å². The Labute approximate surface area is 138 Å². The highest BCUT2D eigenvalue weighted by atomic mass is 79.9. The number of halogens is 1. The van der Waals surface area contributed by atoms with Crippen LogP contribution in [0.3, 0.4) is 0 Å². The summed E-state index contributed by atoms with van der Waals surface area (Å²) in [5.41, 5.74) is 8.05. The third-order valence-electron chi connectivity index (χ3n) is 4.17. The molecule has 22 heavy (non-hydrogen) atoms. The van der Waals surface area contributed by atoms with Crippen molar-refractivity contribution in [2.45, 2.75) is 18.9 Å². The third-order valence-corrected chi connectivity index (χ3v) is 4.70.